The third kappa shape index (κ3) is 5.21. The summed E-state index contributed by atoms with van der Waals surface area (Å²) in [7, 11) is 6.71. The molecule has 4 aromatic rings. The van der Waals surface area contributed by atoms with Crippen LogP contribution in [-0.2, 0) is 11.8 Å². The fraction of sp³-hybridized carbons (Fsp3) is 0.304. The fourth-order valence-electron chi connectivity index (χ4n) is 3.63. The lowest BCUT2D eigenvalue weighted by Crippen LogP contribution is -2.18. The molecule has 0 aliphatic heterocycles. The summed E-state index contributed by atoms with van der Waals surface area (Å²) in [6.45, 7) is 2.03. The zero-order chi connectivity index (χ0) is 24.9. The minimum absolute atomic E-state index is 0.0447. The van der Waals surface area contributed by atoms with Crippen molar-refractivity contribution in [2.75, 3.05) is 26.1 Å². The summed E-state index contributed by atoms with van der Waals surface area (Å²) < 4.78 is 23.9. The first-order valence-electron chi connectivity index (χ1n) is 10.7. The van der Waals surface area contributed by atoms with Crippen LogP contribution < -0.4 is 14.2 Å². The fourth-order valence-corrected chi connectivity index (χ4v) is 4.54. The van der Waals surface area contributed by atoms with E-state index in [2.05, 4.69) is 25.0 Å². The second-order valence-corrected chi connectivity index (χ2v) is 9.17. The summed E-state index contributed by atoms with van der Waals surface area (Å²) in [4.78, 5) is 4.41. The van der Waals surface area contributed by atoms with Gasteiger partial charge in [-0.15, -0.1) is 10.2 Å². The maximum Gasteiger partial charge on any atom is 0.239 e. The van der Waals surface area contributed by atoms with E-state index in [1.807, 2.05) is 55.1 Å². The van der Waals surface area contributed by atoms with Crippen LogP contribution in [0.15, 0.2) is 48.8 Å². The Morgan fingerprint density at radius 3 is 2.34 bits per heavy atom. The first kappa shape index (κ1) is 24.8. The molecule has 2 unspecified atom stereocenters. The summed E-state index contributed by atoms with van der Waals surface area (Å²) in [5.41, 5.74) is 2.08. The number of aromatic nitrogens is 6. The van der Waals surface area contributed by atoms with Crippen molar-refractivity contribution in [3.8, 4) is 28.7 Å². The molecule has 10 nitrogen and oxygen atoms in total. The van der Waals surface area contributed by atoms with Gasteiger partial charge in [-0.25, -0.2) is 0 Å². The number of halogens is 1. The molecule has 3 aromatic heterocycles. The van der Waals surface area contributed by atoms with Crippen LogP contribution in [0.25, 0.3) is 17.2 Å². The molecule has 0 aliphatic carbocycles. The van der Waals surface area contributed by atoms with Crippen molar-refractivity contribution in [2.45, 2.75) is 18.3 Å². The van der Waals surface area contributed by atoms with Gasteiger partial charge in [-0.3, -0.25) is 19.0 Å². The van der Waals surface area contributed by atoms with Gasteiger partial charge >= 0.3 is 0 Å². The average molecular weight is 516 g/mol. The number of pyridine rings is 1. The first-order chi connectivity index (χ1) is 17.0. The molecule has 0 amide bonds. The number of ether oxygens (including phenoxy) is 3. The molecule has 0 radical (unpaired) electrons. The van der Waals surface area contributed by atoms with Crippen molar-refractivity contribution in [2.24, 2.45) is 7.05 Å². The Kier molecular flexibility index (Phi) is 7.79. The Morgan fingerprint density at radius 2 is 1.77 bits per heavy atom. The van der Waals surface area contributed by atoms with E-state index in [-0.39, 0.29) is 11.4 Å². The van der Waals surface area contributed by atoms with Crippen molar-refractivity contribution >= 4 is 29.5 Å². The third-order valence-corrected chi connectivity index (χ3v) is 6.43. The van der Waals surface area contributed by atoms with Gasteiger partial charge in [0, 0.05) is 26.6 Å². The number of hydrogen-bond donors (Lipinski definition) is 1. The Hall–Kier alpha value is -3.28. The van der Waals surface area contributed by atoms with Crippen LogP contribution in [0.5, 0.6) is 11.5 Å². The molecule has 0 bridgehead atoms. The van der Waals surface area contributed by atoms with Crippen LogP contribution in [0.3, 0.4) is 0 Å². The van der Waals surface area contributed by atoms with Crippen LogP contribution in [0.1, 0.15) is 18.7 Å². The molecule has 1 aromatic carbocycles. The lowest BCUT2D eigenvalue weighted by molar-refractivity contribution is 0.101. The Morgan fingerprint density at radius 1 is 1.03 bits per heavy atom. The number of rotatable bonds is 10. The van der Waals surface area contributed by atoms with Crippen molar-refractivity contribution in [1.82, 2.24) is 29.5 Å². The predicted molar refractivity (Wildman–Crippen MR) is 136 cm³/mol. The lowest BCUT2D eigenvalue weighted by Gasteiger charge is -2.22. The van der Waals surface area contributed by atoms with Crippen molar-refractivity contribution in [3.63, 3.8) is 0 Å². The van der Waals surface area contributed by atoms with Crippen LogP contribution >= 0.6 is 23.5 Å². The number of methoxy groups -OCH3 is 3. The van der Waals surface area contributed by atoms with E-state index >= 15 is 0 Å². The molecule has 0 saturated carbocycles. The van der Waals surface area contributed by atoms with E-state index in [0.29, 0.717) is 39.7 Å². The highest BCUT2D eigenvalue weighted by molar-refractivity contribution is 8.01. The van der Waals surface area contributed by atoms with Gasteiger partial charge in [0.2, 0.25) is 5.95 Å². The second-order valence-electron chi connectivity index (χ2n) is 7.55. The van der Waals surface area contributed by atoms with Crippen molar-refractivity contribution in [1.29, 1.82) is 0 Å². The number of hydrogen-bond acceptors (Lipinski definition) is 9. The second kappa shape index (κ2) is 11.0. The van der Waals surface area contributed by atoms with Gasteiger partial charge in [0.05, 0.1) is 30.2 Å². The Bertz CT molecular complexity index is 1260. The average Bonchev–Trinajstić information content (AvgIpc) is 3.49. The number of para-hydroxylation sites is 1. The molecular formula is C23H26ClN7O3S. The molecule has 0 saturated heterocycles. The number of nitrogens with one attached hydrogen (secondary N) is 1. The highest BCUT2D eigenvalue weighted by Crippen LogP contribution is 2.38. The molecule has 2 atom stereocenters. The number of benzene rings is 1. The highest BCUT2D eigenvalue weighted by Gasteiger charge is 2.26. The van der Waals surface area contributed by atoms with Gasteiger partial charge in [0.25, 0.3) is 0 Å². The topological polar surface area (TPSA) is 101 Å². The summed E-state index contributed by atoms with van der Waals surface area (Å²) in [6, 6.07) is 11.1. The molecule has 0 aliphatic rings. The SMILES string of the molecule is COc1cccc(OC)c1-n1c(NSC(C)C(OC)c2ccc(Cl)cn2)nnc1-c1ccn(C)n1. The quantitative estimate of drug-likeness (QED) is 0.304. The number of aryl methyl sites for hydroxylation is 1. The zero-order valence-electron chi connectivity index (χ0n) is 20.0. The molecule has 35 heavy (non-hydrogen) atoms. The Labute approximate surface area is 212 Å². The minimum Gasteiger partial charge on any atom is -0.494 e. The first-order valence-corrected chi connectivity index (χ1v) is 11.9. The molecule has 1 N–H and O–H groups in total. The smallest absolute Gasteiger partial charge is 0.239 e. The normalized spacial score (nSPS) is 12.9. The standard InChI is InChI=1S/C23H26ClN7O3S/c1-14(21(34-5)16-10-9-15(24)13-25-16)35-29-23-27-26-22(17-11-12-30(2)28-17)31(23)20-18(32-3)7-6-8-19(20)33-4/h6-14,21H,1-5H3,(H,27,29). The van der Waals surface area contributed by atoms with Gasteiger partial charge < -0.3 is 14.2 Å². The highest BCUT2D eigenvalue weighted by atomic mass is 35.5. The zero-order valence-corrected chi connectivity index (χ0v) is 21.5. The van der Waals surface area contributed by atoms with Crippen molar-refractivity contribution < 1.29 is 14.2 Å². The predicted octanol–water partition coefficient (Wildman–Crippen LogP) is 4.57. The summed E-state index contributed by atoms with van der Waals surface area (Å²) in [5.74, 6) is 2.21. The van der Waals surface area contributed by atoms with E-state index in [0.717, 1.165) is 5.69 Å². The largest absolute Gasteiger partial charge is 0.494 e. The maximum absolute atomic E-state index is 5.99. The number of nitrogens with zero attached hydrogens (tertiary/aromatic N) is 6. The van der Waals surface area contributed by atoms with Crippen LogP contribution in [-0.4, -0.2) is 56.1 Å². The van der Waals surface area contributed by atoms with Gasteiger partial charge in [-0.1, -0.05) is 17.7 Å². The molecule has 4 rings (SSSR count). The van der Waals surface area contributed by atoms with E-state index in [4.69, 9.17) is 25.8 Å². The van der Waals surface area contributed by atoms with Crippen molar-refractivity contribution in [3.05, 3.63) is 59.5 Å². The van der Waals surface area contributed by atoms with Crippen LogP contribution in [0.4, 0.5) is 5.95 Å². The molecular weight excluding hydrogens is 490 g/mol. The lowest BCUT2D eigenvalue weighted by atomic mass is 10.2. The van der Waals surface area contributed by atoms with E-state index in [1.54, 1.807) is 38.3 Å². The molecule has 3 heterocycles. The molecule has 12 heteroatoms. The van der Waals surface area contributed by atoms with E-state index < -0.39 is 0 Å². The Balaban J connectivity index is 1.71. The minimum atomic E-state index is -0.280. The van der Waals surface area contributed by atoms with Crippen LogP contribution in [0.2, 0.25) is 5.02 Å². The number of anilines is 1. The molecule has 184 valence electrons. The van der Waals surface area contributed by atoms with E-state index in [9.17, 15) is 0 Å². The van der Waals surface area contributed by atoms with Gasteiger partial charge in [-0.05, 0) is 49.2 Å². The monoisotopic (exact) mass is 515 g/mol. The van der Waals surface area contributed by atoms with Gasteiger partial charge in [0.15, 0.2) is 5.82 Å². The van der Waals surface area contributed by atoms with Crippen LogP contribution in [0, 0.1) is 0 Å². The van der Waals surface area contributed by atoms with Gasteiger partial charge in [0.1, 0.15) is 29.0 Å². The maximum atomic E-state index is 5.99. The summed E-state index contributed by atoms with van der Waals surface area (Å²) in [6.07, 6.45) is 3.18. The summed E-state index contributed by atoms with van der Waals surface area (Å²) >= 11 is 7.43. The third-order valence-electron chi connectivity index (χ3n) is 5.29. The summed E-state index contributed by atoms with van der Waals surface area (Å²) in [5, 5.41) is 13.9. The van der Waals surface area contributed by atoms with Gasteiger partial charge in [-0.2, -0.15) is 5.10 Å². The molecule has 0 fully saturated rings. The van der Waals surface area contributed by atoms with E-state index in [1.165, 1.54) is 11.9 Å². The molecule has 0 spiro atoms.